The van der Waals surface area contributed by atoms with Gasteiger partial charge in [0.15, 0.2) is 11.5 Å². The molecule has 2 heteroatoms. The number of hydrogen-bond acceptors (Lipinski definition) is 1. The third kappa shape index (κ3) is 2.82. The van der Waals surface area contributed by atoms with Crippen molar-refractivity contribution in [2.45, 2.75) is 0 Å². The lowest BCUT2D eigenvalue weighted by Gasteiger charge is -1.95. The molecule has 0 saturated heterocycles. The number of hydrogen-bond donors (Lipinski definition) is 0. The quantitative estimate of drug-likeness (QED) is 0.577. The largest absolute Gasteiger partial charge is 0.289 e. The lowest BCUT2D eigenvalue weighted by molar-refractivity contribution is 0.104. The predicted octanol–water partition coefficient (Wildman–Crippen LogP) is 3.73. The van der Waals surface area contributed by atoms with E-state index in [1.165, 1.54) is 12.1 Å². The summed E-state index contributed by atoms with van der Waals surface area (Å²) in [6.45, 7) is 0. The van der Waals surface area contributed by atoms with Crippen LogP contribution in [-0.2, 0) is 5.11 Å². The van der Waals surface area contributed by atoms with Crippen LogP contribution in [0.1, 0.15) is 15.9 Å². The predicted molar refractivity (Wildman–Crippen MR) is 66.4 cm³/mol. The van der Waals surface area contributed by atoms with E-state index in [4.69, 9.17) is 0 Å². The Morgan fingerprint density at radius 1 is 0.882 bits per heavy atom. The standard InChI is InChI=1S/C15H11O2/c16-14-9-5-4-8-13(14)10-11-15(17)12-6-2-1-3-7-12/h1-11H/b11-10+. The minimum atomic E-state index is -0.103. The molecule has 0 spiro atoms. The summed E-state index contributed by atoms with van der Waals surface area (Å²) in [5.74, 6) is -0.182. The highest BCUT2D eigenvalue weighted by atomic mass is 16.3. The van der Waals surface area contributed by atoms with E-state index in [1.807, 2.05) is 18.2 Å². The Balaban J connectivity index is 2.17. The number of allylic oxidation sites excluding steroid dienone is 1. The first-order valence-corrected chi connectivity index (χ1v) is 5.31. The fourth-order valence-electron chi connectivity index (χ4n) is 1.48. The molecule has 2 aromatic carbocycles. The zero-order valence-corrected chi connectivity index (χ0v) is 9.17. The second-order valence-electron chi connectivity index (χ2n) is 3.60. The average molecular weight is 223 g/mol. The number of para-hydroxylation sites is 1. The Morgan fingerprint density at radius 2 is 1.53 bits per heavy atom. The monoisotopic (exact) mass is 223 g/mol. The van der Waals surface area contributed by atoms with Crippen LogP contribution in [0, 0.1) is 0 Å². The van der Waals surface area contributed by atoms with Gasteiger partial charge in [-0.05, 0) is 18.2 Å². The first-order chi connectivity index (χ1) is 8.27. The van der Waals surface area contributed by atoms with Gasteiger partial charge in [-0.15, -0.1) is 0 Å². The molecular formula is C15H11O2. The molecule has 0 aliphatic carbocycles. The summed E-state index contributed by atoms with van der Waals surface area (Å²) in [5, 5.41) is 11.4. The van der Waals surface area contributed by atoms with Crippen LogP contribution >= 0.6 is 0 Å². The number of benzene rings is 2. The first-order valence-electron chi connectivity index (χ1n) is 5.31. The third-order valence-corrected chi connectivity index (χ3v) is 2.39. The Labute approximate surface area is 99.8 Å². The van der Waals surface area contributed by atoms with E-state index in [0.717, 1.165) is 0 Å². The van der Waals surface area contributed by atoms with E-state index < -0.39 is 0 Å². The molecule has 0 aliphatic heterocycles. The lowest BCUT2D eigenvalue weighted by atomic mass is 10.1. The molecule has 83 valence electrons. The van der Waals surface area contributed by atoms with Gasteiger partial charge >= 0.3 is 0 Å². The Morgan fingerprint density at radius 3 is 2.24 bits per heavy atom. The van der Waals surface area contributed by atoms with Crippen LogP contribution < -0.4 is 0 Å². The Kier molecular flexibility index (Phi) is 3.36. The molecule has 2 nitrogen and oxygen atoms in total. The van der Waals surface area contributed by atoms with Crippen LogP contribution in [-0.4, -0.2) is 5.78 Å². The minimum absolute atomic E-state index is 0.0791. The van der Waals surface area contributed by atoms with Gasteiger partial charge in [0.05, 0.1) is 0 Å². The molecule has 17 heavy (non-hydrogen) atoms. The van der Waals surface area contributed by atoms with Crippen LogP contribution in [0.25, 0.3) is 6.08 Å². The van der Waals surface area contributed by atoms with Crippen LogP contribution in [0.3, 0.4) is 0 Å². The molecule has 0 unspecified atom stereocenters. The molecule has 0 saturated carbocycles. The van der Waals surface area contributed by atoms with Crippen molar-refractivity contribution in [1.29, 1.82) is 0 Å². The highest BCUT2D eigenvalue weighted by Gasteiger charge is 2.01. The van der Waals surface area contributed by atoms with Crippen LogP contribution in [0.4, 0.5) is 0 Å². The Bertz CT molecular complexity index is 542. The van der Waals surface area contributed by atoms with Crippen molar-refractivity contribution in [2.75, 3.05) is 0 Å². The molecule has 0 amide bonds. The molecule has 0 atom stereocenters. The van der Waals surface area contributed by atoms with Gasteiger partial charge in [0.1, 0.15) is 0 Å². The van der Waals surface area contributed by atoms with Gasteiger partial charge in [0.25, 0.3) is 0 Å². The molecule has 2 rings (SSSR count). The zero-order chi connectivity index (χ0) is 12.1. The maximum absolute atomic E-state index is 11.7. The van der Waals surface area contributed by atoms with Gasteiger partial charge in [-0.1, -0.05) is 48.5 Å². The van der Waals surface area contributed by atoms with Crippen molar-refractivity contribution >= 4 is 11.9 Å². The molecular weight excluding hydrogens is 212 g/mol. The van der Waals surface area contributed by atoms with E-state index in [-0.39, 0.29) is 11.5 Å². The number of carbonyl (C=O) groups is 1. The Hall–Kier alpha value is -2.35. The molecule has 0 bridgehead atoms. The van der Waals surface area contributed by atoms with Crippen molar-refractivity contribution in [1.82, 2.24) is 0 Å². The summed E-state index contributed by atoms with van der Waals surface area (Å²) in [5.41, 5.74) is 1.14. The van der Waals surface area contributed by atoms with Crippen molar-refractivity contribution < 1.29 is 9.90 Å². The number of carbonyl (C=O) groups excluding carboxylic acids is 1. The lowest BCUT2D eigenvalue weighted by Crippen LogP contribution is -1.92. The third-order valence-electron chi connectivity index (χ3n) is 2.39. The summed E-state index contributed by atoms with van der Waals surface area (Å²) in [4.78, 5) is 11.7. The van der Waals surface area contributed by atoms with Gasteiger partial charge < -0.3 is 0 Å². The highest BCUT2D eigenvalue weighted by molar-refractivity contribution is 6.06. The van der Waals surface area contributed by atoms with E-state index in [9.17, 15) is 9.90 Å². The fourth-order valence-corrected chi connectivity index (χ4v) is 1.48. The molecule has 0 N–H and O–H groups in total. The maximum Gasteiger partial charge on any atom is 0.185 e. The van der Waals surface area contributed by atoms with Gasteiger partial charge in [-0.2, -0.15) is 0 Å². The van der Waals surface area contributed by atoms with Crippen molar-refractivity contribution in [3.63, 3.8) is 0 Å². The normalized spacial score (nSPS) is 10.6. The SMILES string of the molecule is [O]c1ccccc1/C=C/C(=O)c1ccccc1. The highest BCUT2D eigenvalue weighted by Crippen LogP contribution is 2.18. The van der Waals surface area contributed by atoms with E-state index in [1.54, 1.807) is 36.4 Å². The van der Waals surface area contributed by atoms with Crippen LogP contribution in [0.15, 0.2) is 60.7 Å². The second kappa shape index (κ2) is 5.12. The van der Waals surface area contributed by atoms with Crippen LogP contribution in [0.5, 0.6) is 5.75 Å². The molecule has 0 heterocycles. The maximum atomic E-state index is 11.7. The van der Waals surface area contributed by atoms with Crippen molar-refractivity contribution in [3.05, 3.63) is 71.8 Å². The number of rotatable bonds is 3. The van der Waals surface area contributed by atoms with Crippen LogP contribution in [0.2, 0.25) is 0 Å². The van der Waals surface area contributed by atoms with E-state index >= 15 is 0 Å². The van der Waals surface area contributed by atoms with Crippen molar-refractivity contribution in [2.24, 2.45) is 0 Å². The van der Waals surface area contributed by atoms with Gasteiger partial charge in [-0.25, -0.2) is 0 Å². The van der Waals surface area contributed by atoms with Gasteiger partial charge in [0, 0.05) is 11.1 Å². The summed E-state index contributed by atoms with van der Waals surface area (Å²) < 4.78 is 0. The summed E-state index contributed by atoms with van der Waals surface area (Å²) >= 11 is 0. The molecule has 0 aromatic heterocycles. The summed E-state index contributed by atoms with van der Waals surface area (Å²) in [7, 11) is 0. The molecule has 0 fully saturated rings. The molecule has 0 aliphatic rings. The summed E-state index contributed by atoms with van der Waals surface area (Å²) in [6.07, 6.45) is 2.98. The van der Waals surface area contributed by atoms with Crippen molar-refractivity contribution in [3.8, 4) is 5.75 Å². The second-order valence-corrected chi connectivity index (χ2v) is 3.60. The van der Waals surface area contributed by atoms with Gasteiger partial charge in [0.2, 0.25) is 0 Å². The fraction of sp³-hybridized carbons (Fsp3) is 0. The van der Waals surface area contributed by atoms with E-state index in [2.05, 4.69) is 0 Å². The molecule has 2 aromatic rings. The number of ketones is 1. The van der Waals surface area contributed by atoms with Gasteiger partial charge in [-0.3, -0.25) is 9.90 Å². The van der Waals surface area contributed by atoms with E-state index in [0.29, 0.717) is 11.1 Å². The minimum Gasteiger partial charge on any atom is -0.289 e. The molecule has 1 radical (unpaired) electrons. The first kappa shape index (κ1) is 11.1. The zero-order valence-electron chi connectivity index (χ0n) is 9.17. The average Bonchev–Trinajstić information content (AvgIpc) is 2.38. The topological polar surface area (TPSA) is 37.0 Å². The smallest absolute Gasteiger partial charge is 0.185 e. The summed E-state index contributed by atoms with van der Waals surface area (Å²) in [6, 6.07) is 15.6.